The first-order valence-corrected chi connectivity index (χ1v) is 9.96. The molecule has 0 bridgehead atoms. The Hall–Kier alpha value is -2.87. The predicted molar refractivity (Wildman–Crippen MR) is 117 cm³/mol. The molecule has 0 unspecified atom stereocenters. The second-order valence-corrected chi connectivity index (χ2v) is 7.53. The van der Waals surface area contributed by atoms with E-state index >= 15 is 0 Å². The van der Waals surface area contributed by atoms with Gasteiger partial charge in [0.1, 0.15) is 0 Å². The molecule has 2 heterocycles. The summed E-state index contributed by atoms with van der Waals surface area (Å²) in [6, 6.07) is 14.2. The van der Waals surface area contributed by atoms with Gasteiger partial charge in [0, 0.05) is 17.2 Å². The average molecular weight is 445 g/mol. The molecule has 0 aliphatic carbocycles. The van der Waals surface area contributed by atoms with Crippen molar-refractivity contribution in [1.29, 1.82) is 0 Å². The Labute approximate surface area is 181 Å². The molecule has 0 saturated carbocycles. The number of hydrogen-bond acceptors (Lipinski definition) is 4. The van der Waals surface area contributed by atoms with E-state index < -0.39 is 11.2 Å². The SMILES string of the molecule is COCCn1c(=O)c2c(ncn2Cc2ccccc2Cl)n(-c2cccc(Cl)c2)c1=O. The summed E-state index contributed by atoms with van der Waals surface area (Å²) in [5.74, 6) is 0. The lowest BCUT2D eigenvalue weighted by atomic mass is 10.2. The van der Waals surface area contributed by atoms with Crippen LogP contribution in [0.2, 0.25) is 10.0 Å². The third-order valence-corrected chi connectivity index (χ3v) is 5.39. The smallest absolute Gasteiger partial charge is 0.337 e. The van der Waals surface area contributed by atoms with Crippen molar-refractivity contribution >= 4 is 34.4 Å². The summed E-state index contributed by atoms with van der Waals surface area (Å²) >= 11 is 12.4. The van der Waals surface area contributed by atoms with Crippen molar-refractivity contribution in [2.75, 3.05) is 13.7 Å². The maximum atomic E-state index is 13.2. The molecule has 0 fully saturated rings. The van der Waals surface area contributed by atoms with Crippen molar-refractivity contribution in [3.05, 3.63) is 91.3 Å². The Bertz CT molecular complexity index is 1340. The van der Waals surface area contributed by atoms with Gasteiger partial charge in [-0.2, -0.15) is 0 Å². The zero-order valence-electron chi connectivity index (χ0n) is 16.1. The van der Waals surface area contributed by atoms with Crippen molar-refractivity contribution in [3.8, 4) is 5.69 Å². The maximum Gasteiger partial charge on any atom is 0.337 e. The van der Waals surface area contributed by atoms with Gasteiger partial charge < -0.3 is 9.30 Å². The highest BCUT2D eigenvalue weighted by molar-refractivity contribution is 6.31. The van der Waals surface area contributed by atoms with Gasteiger partial charge in [0.2, 0.25) is 0 Å². The standard InChI is InChI=1S/C21H18Cl2N4O3/c1-30-10-9-26-20(28)18-19(27(21(26)29)16-7-4-6-15(22)11-16)24-13-25(18)12-14-5-2-3-8-17(14)23/h2-8,11,13H,9-10,12H2,1H3. The van der Waals surface area contributed by atoms with Gasteiger partial charge in [-0.3, -0.25) is 9.36 Å². The molecule has 0 N–H and O–H groups in total. The molecule has 154 valence electrons. The van der Waals surface area contributed by atoms with E-state index in [1.807, 2.05) is 18.2 Å². The van der Waals surface area contributed by atoms with Crippen LogP contribution in [0.25, 0.3) is 16.9 Å². The van der Waals surface area contributed by atoms with E-state index in [0.717, 1.165) is 10.1 Å². The van der Waals surface area contributed by atoms with E-state index in [2.05, 4.69) is 4.98 Å². The van der Waals surface area contributed by atoms with Crippen LogP contribution in [0.3, 0.4) is 0 Å². The van der Waals surface area contributed by atoms with E-state index in [4.69, 9.17) is 27.9 Å². The number of imidazole rings is 1. The van der Waals surface area contributed by atoms with Crippen LogP contribution < -0.4 is 11.2 Å². The monoisotopic (exact) mass is 444 g/mol. The lowest BCUT2D eigenvalue weighted by Gasteiger charge is -2.13. The lowest BCUT2D eigenvalue weighted by Crippen LogP contribution is -2.41. The fourth-order valence-corrected chi connectivity index (χ4v) is 3.72. The van der Waals surface area contributed by atoms with Crippen molar-refractivity contribution in [2.45, 2.75) is 13.1 Å². The molecule has 30 heavy (non-hydrogen) atoms. The minimum Gasteiger partial charge on any atom is -0.383 e. The first-order valence-electron chi connectivity index (χ1n) is 9.20. The molecular formula is C21H18Cl2N4O3. The summed E-state index contributed by atoms with van der Waals surface area (Å²) in [6.07, 6.45) is 1.54. The van der Waals surface area contributed by atoms with Crippen molar-refractivity contribution < 1.29 is 4.74 Å². The second kappa shape index (κ2) is 8.47. The lowest BCUT2D eigenvalue weighted by molar-refractivity contribution is 0.184. The Kier molecular flexibility index (Phi) is 5.76. The molecule has 0 radical (unpaired) electrons. The quantitative estimate of drug-likeness (QED) is 0.457. The Morgan fingerprint density at radius 1 is 1.07 bits per heavy atom. The fraction of sp³-hybridized carbons (Fsp3) is 0.190. The highest BCUT2D eigenvalue weighted by Crippen LogP contribution is 2.20. The van der Waals surface area contributed by atoms with Gasteiger partial charge in [0.05, 0.1) is 31.7 Å². The minimum absolute atomic E-state index is 0.113. The fourth-order valence-electron chi connectivity index (χ4n) is 3.34. The normalized spacial score (nSPS) is 11.3. The molecule has 0 aliphatic rings. The molecule has 7 nitrogen and oxygen atoms in total. The summed E-state index contributed by atoms with van der Waals surface area (Å²) < 4.78 is 9.32. The van der Waals surface area contributed by atoms with Gasteiger partial charge in [-0.1, -0.05) is 47.5 Å². The van der Waals surface area contributed by atoms with Crippen molar-refractivity contribution in [3.63, 3.8) is 0 Å². The predicted octanol–water partition coefficient (Wildman–Crippen LogP) is 3.35. The number of aromatic nitrogens is 4. The number of fused-ring (bicyclic) bond motifs is 1. The summed E-state index contributed by atoms with van der Waals surface area (Å²) in [6.45, 7) is 0.667. The number of ether oxygens (including phenoxy) is 1. The number of nitrogens with zero attached hydrogens (tertiary/aromatic N) is 4. The van der Waals surface area contributed by atoms with Crippen molar-refractivity contribution in [2.24, 2.45) is 0 Å². The summed E-state index contributed by atoms with van der Waals surface area (Å²) in [5, 5.41) is 1.06. The van der Waals surface area contributed by atoms with Crippen molar-refractivity contribution in [1.82, 2.24) is 18.7 Å². The van der Waals surface area contributed by atoms with Gasteiger partial charge >= 0.3 is 5.69 Å². The summed E-state index contributed by atoms with van der Waals surface area (Å²) in [7, 11) is 1.51. The Morgan fingerprint density at radius 3 is 2.60 bits per heavy atom. The number of methoxy groups -OCH3 is 1. The van der Waals surface area contributed by atoms with E-state index in [-0.39, 0.29) is 18.8 Å². The van der Waals surface area contributed by atoms with Crippen LogP contribution in [-0.4, -0.2) is 32.4 Å². The average Bonchev–Trinajstić information content (AvgIpc) is 3.13. The van der Waals surface area contributed by atoms with Gasteiger partial charge in [0.15, 0.2) is 11.2 Å². The molecule has 0 atom stereocenters. The third-order valence-electron chi connectivity index (χ3n) is 4.78. The van der Waals surface area contributed by atoms with Crippen LogP contribution >= 0.6 is 23.2 Å². The molecular weight excluding hydrogens is 427 g/mol. The van der Waals surface area contributed by atoms with Crippen LogP contribution in [0.15, 0.2) is 64.4 Å². The van der Waals surface area contributed by atoms with Gasteiger partial charge in [-0.25, -0.2) is 14.3 Å². The van der Waals surface area contributed by atoms with Gasteiger partial charge in [-0.05, 0) is 29.8 Å². The molecule has 2 aromatic carbocycles. The zero-order chi connectivity index (χ0) is 21.3. The number of halogens is 2. The first-order chi connectivity index (χ1) is 14.5. The maximum absolute atomic E-state index is 13.2. The number of rotatable bonds is 6. The minimum atomic E-state index is -0.505. The largest absolute Gasteiger partial charge is 0.383 e. The first kappa shape index (κ1) is 20.4. The Balaban J connectivity index is 1.99. The highest BCUT2D eigenvalue weighted by atomic mass is 35.5. The summed E-state index contributed by atoms with van der Waals surface area (Å²) in [4.78, 5) is 30.8. The molecule has 0 spiro atoms. The zero-order valence-corrected chi connectivity index (χ0v) is 17.6. The van der Waals surface area contributed by atoms with Crippen LogP contribution in [-0.2, 0) is 17.8 Å². The van der Waals surface area contributed by atoms with Crippen LogP contribution in [0.1, 0.15) is 5.56 Å². The topological polar surface area (TPSA) is 71.1 Å². The van der Waals surface area contributed by atoms with E-state index in [1.54, 1.807) is 34.9 Å². The molecule has 9 heteroatoms. The van der Waals surface area contributed by atoms with Crippen LogP contribution in [0.5, 0.6) is 0 Å². The second-order valence-electron chi connectivity index (χ2n) is 6.68. The van der Waals surface area contributed by atoms with Crippen LogP contribution in [0, 0.1) is 0 Å². The van der Waals surface area contributed by atoms with E-state index in [9.17, 15) is 9.59 Å². The number of benzene rings is 2. The highest BCUT2D eigenvalue weighted by Gasteiger charge is 2.19. The third kappa shape index (κ3) is 3.67. The molecule has 0 saturated heterocycles. The molecule has 2 aromatic heterocycles. The Morgan fingerprint density at radius 2 is 1.87 bits per heavy atom. The van der Waals surface area contributed by atoms with Crippen LogP contribution in [0.4, 0.5) is 0 Å². The molecule has 0 amide bonds. The molecule has 4 aromatic rings. The van der Waals surface area contributed by atoms with E-state index in [0.29, 0.717) is 27.8 Å². The summed E-state index contributed by atoms with van der Waals surface area (Å²) in [5.41, 5.74) is 0.969. The number of hydrogen-bond donors (Lipinski definition) is 0. The van der Waals surface area contributed by atoms with E-state index in [1.165, 1.54) is 18.0 Å². The molecule has 0 aliphatic heterocycles. The van der Waals surface area contributed by atoms with Gasteiger partial charge in [0.25, 0.3) is 5.56 Å². The van der Waals surface area contributed by atoms with Gasteiger partial charge in [-0.15, -0.1) is 0 Å². The molecule has 4 rings (SSSR count).